The Kier molecular flexibility index (Phi) is 3.47. The van der Waals surface area contributed by atoms with Crippen LogP contribution in [-0.4, -0.2) is 26.6 Å². The van der Waals surface area contributed by atoms with E-state index in [0.29, 0.717) is 5.39 Å². The van der Waals surface area contributed by atoms with Gasteiger partial charge in [0.05, 0.1) is 17.3 Å². The van der Waals surface area contributed by atoms with E-state index in [1.54, 1.807) is 6.07 Å². The van der Waals surface area contributed by atoms with E-state index in [0.717, 1.165) is 10.6 Å². The molecule has 3 aromatic rings. The van der Waals surface area contributed by atoms with Crippen LogP contribution >= 0.6 is 0 Å². The molecule has 1 N–H and O–H groups in total. The highest BCUT2D eigenvalue weighted by Gasteiger charge is 2.33. The lowest BCUT2D eigenvalue weighted by Crippen LogP contribution is -2.24. The smallest absolute Gasteiger partial charge is 0.372 e. The molecule has 0 fully saturated rings. The molecule has 3 rings (SSSR count). The highest BCUT2D eigenvalue weighted by molar-refractivity contribution is 5.87. The van der Waals surface area contributed by atoms with Crippen LogP contribution in [0, 0.1) is 0 Å². The summed E-state index contributed by atoms with van der Waals surface area (Å²) in [5.74, 6) is 0.159. The van der Waals surface area contributed by atoms with Gasteiger partial charge in [-0.2, -0.15) is 18.2 Å². The van der Waals surface area contributed by atoms with Crippen LogP contribution in [0.4, 0.5) is 19.0 Å². The molecular weight excluding hydrogens is 311 g/mol. The molecular formula is C14H10F3N5O. The summed E-state index contributed by atoms with van der Waals surface area (Å²) in [6, 6.07) is 5.18. The largest absolute Gasteiger partial charge is 0.433 e. The standard InChI is InChI=1S/C14H10F3N5O/c1-18-11-9-4-5-10(14(15,16)17)20-12(9)22(13(23)21-11)8-3-2-6-19-7-8/h2-7H,1H3,(H,18,21,23). The van der Waals surface area contributed by atoms with E-state index in [1.165, 1.54) is 31.6 Å². The summed E-state index contributed by atoms with van der Waals surface area (Å²) in [7, 11) is 1.52. The summed E-state index contributed by atoms with van der Waals surface area (Å²) in [6.45, 7) is 0. The number of hydrogen-bond donors (Lipinski definition) is 1. The Morgan fingerprint density at radius 2 is 1.96 bits per heavy atom. The highest BCUT2D eigenvalue weighted by Crippen LogP contribution is 2.30. The Hall–Kier alpha value is -2.97. The number of rotatable bonds is 2. The molecule has 9 heteroatoms. The molecule has 0 atom stereocenters. The minimum Gasteiger partial charge on any atom is -0.372 e. The van der Waals surface area contributed by atoms with Crippen molar-refractivity contribution in [3.63, 3.8) is 0 Å². The van der Waals surface area contributed by atoms with Gasteiger partial charge in [0, 0.05) is 13.2 Å². The summed E-state index contributed by atoms with van der Waals surface area (Å²) >= 11 is 0. The molecule has 0 aliphatic rings. The molecule has 0 spiro atoms. The Balaban J connectivity index is 2.43. The Labute approximate surface area is 127 Å². The number of fused-ring (bicyclic) bond motifs is 1. The van der Waals surface area contributed by atoms with Crippen molar-refractivity contribution in [1.82, 2.24) is 19.5 Å². The van der Waals surface area contributed by atoms with Crippen molar-refractivity contribution < 1.29 is 13.2 Å². The van der Waals surface area contributed by atoms with Crippen molar-refractivity contribution in [1.29, 1.82) is 0 Å². The Morgan fingerprint density at radius 3 is 2.57 bits per heavy atom. The van der Waals surface area contributed by atoms with Gasteiger partial charge in [-0.25, -0.2) is 14.3 Å². The van der Waals surface area contributed by atoms with Crippen molar-refractivity contribution in [3.8, 4) is 5.69 Å². The Bertz CT molecular complexity index is 921. The van der Waals surface area contributed by atoms with Gasteiger partial charge >= 0.3 is 11.9 Å². The lowest BCUT2D eigenvalue weighted by Gasteiger charge is -2.13. The minimum atomic E-state index is -4.62. The average Bonchev–Trinajstić information content (AvgIpc) is 2.53. The average molecular weight is 321 g/mol. The van der Waals surface area contributed by atoms with E-state index >= 15 is 0 Å². The van der Waals surface area contributed by atoms with Crippen LogP contribution in [-0.2, 0) is 6.18 Å². The summed E-state index contributed by atoms with van der Waals surface area (Å²) in [6.07, 6.45) is -1.78. The van der Waals surface area contributed by atoms with E-state index in [1.807, 2.05) is 0 Å². The van der Waals surface area contributed by atoms with E-state index in [9.17, 15) is 18.0 Å². The van der Waals surface area contributed by atoms with E-state index in [4.69, 9.17) is 0 Å². The van der Waals surface area contributed by atoms with E-state index in [2.05, 4.69) is 20.3 Å². The van der Waals surface area contributed by atoms with Crippen LogP contribution in [0.15, 0.2) is 41.5 Å². The fourth-order valence-electron chi connectivity index (χ4n) is 2.17. The number of aromatic nitrogens is 4. The highest BCUT2D eigenvalue weighted by atomic mass is 19.4. The summed E-state index contributed by atoms with van der Waals surface area (Å²) in [5.41, 5.74) is -1.70. The van der Waals surface area contributed by atoms with Crippen LogP contribution in [0.2, 0.25) is 0 Å². The van der Waals surface area contributed by atoms with Gasteiger partial charge in [-0.15, -0.1) is 0 Å². The molecule has 0 aliphatic carbocycles. The van der Waals surface area contributed by atoms with Gasteiger partial charge in [-0.3, -0.25) is 4.98 Å². The molecule has 3 aromatic heterocycles. The van der Waals surface area contributed by atoms with Gasteiger partial charge in [0.2, 0.25) is 0 Å². The van der Waals surface area contributed by atoms with Crippen LogP contribution in [0.3, 0.4) is 0 Å². The zero-order chi connectivity index (χ0) is 16.6. The van der Waals surface area contributed by atoms with Gasteiger partial charge < -0.3 is 5.32 Å². The molecule has 0 amide bonds. The predicted molar refractivity (Wildman–Crippen MR) is 77.5 cm³/mol. The monoisotopic (exact) mass is 321 g/mol. The number of alkyl halides is 3. The van der Waals surface area contributed by atoms with Crippen molar-refractivity contribution in [2.24, 2.45) is 0 Å². The molecule has 0 bridgehead atoms. The summed E-state index contributed by atoms with van der Waals surface area (Å²) in [4.78, 5) is 23.6. The molecule has 6 nitrogen and oxygen atoms in total. The first-order valence-corrected chi connectivity index (χ1v) is 6.51. The number of halogens is 3. The number of anilines is 1. The molecule has 0 saturated heterocycles. The maximum Gasteiger partial charge on any atom is 0.433 e. The predicted octanol–water partition coefficient (Wildman–Crippen LogP) is 2.24. The van der Waals surface area contributed by atoms with E-state index < -0.39 is 17.6 Å². The molecule has 23 heavy (non-hydrogen) atoms. The molecule has 0 radical (unpaired) electrons. The quantitative estimate of drug-likeness (QED) is 0.783. The minimum absolute atomic E-state index is 0.142. The fraction of sp³-hybridized carbons (Fsp3) is 0.143. The molecule has 0 aromatic carbocycles. The normalized spacial score (nSPS) is 11.7. The van der Waals surface area contributed by atoms with Gasteiger partial charge in [0.25, 0.3) is 0 Å². The van der Waals surface area contributed by atoms with Crippen molar-refractivity contribution in [2.45, 2.75) is 6.18 Å². The zero-order valence-electron chi connectivity index (χ0n) is 11.8. The van der Waals surface area contributed by atoms with Crippen molar-refractivity contribution >= 4 is 16.9 Å². The SMILES string of the molecule is CNc1nc(=O)n(-c2cccnc2)c2nc(C(F)(F)F)ccc12. The van der Waals surface area contributed by atoms with Gasteiger partial charge in [-0.05, 0) is 24.3 Å². The lowest BCUT2D eigenvalue weighted by atomic mass is 10.2. The van der Waals surface area contributed by atoms with Crippen LogP contribution in [0.5, 0.6) is 0 Å². The number of hydrogen-bond acceptors (Lipinski definition) is 5. The van der Waals surface area contributed by atoms with Gasteiger partial charge in [0.1, 0.15) is 11.5 Å². The second kappa shape index (κ2) is 5.34. The molecule has 118 valence electrons. The number of pyridine rings is 2. The first-order chi connectivity index (χ1) is 10.9. The van der Waals surface area contributed by atoms with Crippen LogP contribution in [0.25, 0.3) is 16.7 Å². The van der Waals surface area contributed by atoms with Crippen LogP contribution in [0.1, 0.15) is 5.69 Å². The lowest BCUT2D eigenvalue weighted by molar-refractivity contribution is -0.141. The second-order valence-electron chi connectivity index (χ2n) is 4.61. The van der Waals surface area contributed by atoms with Gasteiger partial charge in [0.15, 0.2) is 5.65 Å². The third-order valence-electron chi connectivity index (χ3n) is 3.17. The van der Waals surface area contributed by atoms with Gasteiger partial charge in [-0.1, -0.05) is 0 Å². The third kappa shape index (κ3) is 2.60. The van der Waals surface area contributed by atoms with Crippen LogP contribution < -0.4 is 11.0 Å². The first-order valence-electron chi connectivity index (χ1n) is 6.51. The number of nitrogens with one attached hydrogen (secondary N) is 1. The van der Waals surface area contributed by atoms with Crippen molar-refractivity contribution in [2.75, 3.05) is 12.4 Å². The molecule has 3 heterocycles. The zero-order valence-corrected chi connectivity index (χ0v) is 11.8. The Morgan fingerprint density at radius 1 is 1.17 bits per heavy atom. The summed E-state index contributed by atoms with van der Waals surface area (Å²) < 4.78 is 39.8. The maximum atomic E-state index is 12.9. The second-order valence-corrected chi connectivity index (χ2v) is 4.61. The van der Waals surface area contributed by atoms with E-state index in [-0.39, 0.29) is 17.2 Å². The summed E-state index contributed by atoms with van der Waals surface area (Å²) in [5, 5.41) is 2.98. The topological polar surface area (TPSA) is 72.7 Å². The third-order valence-corrected chi connectivity index (χ3v) is 3.17. The first kappa shape index (κ1) is 14.9. The molecule has 0 unspecified atom stereocenters. The molecule has 0 aliphatic heterocycles. The maximum absolute atomic E-state index is 12.9. The molecule has 0 saturated carbocycles. The number of nitrogens with zero attached hydrogens (tertiary/aromatic N) is 4. The fourth-order valence-corrected chi connectivity index (χ4v) is 2.17. The van der Waals surface area contributed by atoms with Crippen molar-refractivity contribution in [3.05, 3.63) is 52.8 Å².